The van der Waals surface area contributed by atoms with Crippen LogP contribution in [0.15, 0.2) is 18.2 Å². The molecule has 2 aliphatic rings. The minimum Gasteiger partial charge on any atom is -0.368 e. The van der Waals surface area contributed by atoms with E-state index in [1.807, 2.05) is 4.90 Å². The van der Waals surface area contributed by atoms with Crippen molar-refractivity contribution in [1.82, 2.24) is 4.90 Å². The van der Waals surface area contributed by atoms with Crippen LogP contribution in [-0.4, -0.2) is 37.0 Å². The fourth-order valence-electron chi connectivity index (χ4n) is 3.37. The fourth-order valence-corrected chi connectivity index (χ4v) is 3.37. The lowest BCUT2D eigenvalue weighted by Gasteiger charge is -2.36. The molecule has 0 saturated carbocycles. The highest BCUT2D eigenvalue weighted by Gasteiger charge is 2.19. The summed E-state index contributed by atoms with van der Waals surface area (Å²) in [5, 5.41) is 0. The van der Waals surface area contributed by atoms with Crippen LogP contribution in [0.2, 0.25) is 0 Å². The summed E-state index contributed by atoms with van der Waals surface area (Å²) in [4.78, 5) is 15.7. The Morgan fingerprint density at radius 3 is 2.35 bits per heavy atom. The minimum atomic E-state index is 0.201. The normalized spacial score (nSPS) is 19.4. The average molecular weight is 272 g/mol. The van der Waals surface area contributed by atoms with Crippen molar-refractivity contribution in [2.24, 2.45) is 0 Å². The van der Waals surface area contributed by atoms with Gasteiger partial charge in [-0.25, -0.2) is 0 Å². The van der Waals surface area contributed by atoms with E-state index in [4.69, 9.17) is 0 Å². The van der Waals surface area contributed by atoms with E-state index < -0.39 is 0 Å². The molecule has 1 aliphatic heterocycles. The zero-order valence-electron chi connectivity index (χ0n) is 12.4. The first-order chi connectivity index (χ1) is 9.74. The predicted molar refractivity (Wildman–Crippen MR) is 82.2 cm³/mol. The number of anilines is 1. The number of rotatable bonds is 1. The molecule has 0 radical (unpaired) electrons. The Bertz CT molecular complexity index is 490. The van der Waals surface area contributed by atoms with Gasteiger partial charge in [0.15, 0.2) is 0 Å². The molecule has 1 aliphatic carbocycles. The van der Waals surface area contributed by atoms with Crippen molar-refractivity contribution < 1.29 is 4.79 Å². The second-order valence-electron chi connectivity index (χ2n) is 6.01. The standard InChI is InChI=1S/C17H24N2O/c1-14(20)18-9-11-19(12-10-18)17-8-7-15-5-3-2-4-6-16(15)13-17/h7-8,13H,2-6,9-12H2,1H3. The number of fused-ring (bicyclic) bond motifs is 1. The monoisotopic (exact) mass is 272 g/mol. The topological polar surface area (TPSA) is 23.6 Å². The van der Waals surface area contributed by atoms with E-state index in [9.17, 15) is 4.79 Å². The molecule has 1 aromatic rings. The van der Waals surface area contributed by atoms with E-state index in [0.29, 0.717) is 0 Å². The summed E-state index contributed by atoms with van der Waals surface area (Å²) in [6.45, 7) is 5.29. The number of carbonyl (C=O) groups excluding carboxylic acids is 1. The van der Waals surface area contributed by atoms with Crippen LogP contribution < -0.4 is 4.90 Å². The molecule has 0 aromatic heterocycles. The molecule has 0 bridgehead atoms. The minimum absolute atomic E-state index is 0.201. The van der Waals surface area contributed by atoms with E-state index in [-0.39, 0.29) is 5.91 Å². The second-order valence-corrected chi connectivity index (χ2v) is 6.01. The van der Waals surface area contributed by atoms with Gasteiger partial charge >= 0.3 is 0 Å². The van der Waals surface area contributed by atoms with Gasteiger partial charge in [-0.15, -0.1) is 0 Å². The number of nitrogens with zero attached hydrogens (tertiary/aromatic N) is 2. The van der Waals surface area contributed by atoms with Crippen LogP contribution in [0, 0.1) is 0 Å². The van der Waals surface area contributed by atoms with Gasteiger partial charge in [0.05, 0.1) is 0 Å². The van der Waals surface area contributed by atoms with Gasteiger partial charge < -0.3 is 9.80 Å². The fraction of sp³-hybridized carbons (Fsp3) is 0.588. The maximum absolute atomic E-state index is 11.4. The number of benzene rings is 1. The van der Waals surface area contributed by atoms with Crippen LogP contribution in [-0.2, 0) is 17.6 Å². The van der Waals surface area contributed by atoms with Gasteiger partial charge in [0.25, 0.3) is 0 Å². The highest BCUT2D eigenvalue weighted by atomic mass is 16.2. The lowest BCUT2D eigenvalue weighted by atomic mass is 10.0. The van der Waals surface area contributed by atoms with Crippen molar-refractivity contribution in [3.63, 3.8) is 0 Å². The molecule has 108 valence electrons. The second kappa shape index (κ2) is 5.86. The van der Waals surface area contributed by atoms with Crippen molar-refractivity contribution in [3.8, 4) is 0 Å². The van der Waals surface area contributed by atoms with Crippen molar-refractivity contribution >= 4 is 11.6 Å². The summed E-state index contributed by atoms with van der Waals surface area (Å²) < 4.78 is 0. The average Bonchev–Trinajstić information content (AvgIpc) is 2.71. The zero-order chi connectivity index (χ0) is 13.9. The van der Waals surface area contributed by atoms with Crippen LogP contribution in [0.1, 0.15) is 37.3 Å². The van der Waals surface area contributed by atoms with Crippen molar-refractivity contribution in [3.05, 3.63) is 29.3 Å². The smallest absolute Gasteiger partial charge is 0.219 e. The number of piperazine rings is 1. The Balaban J connectivity index is 1.72. The van der Waals surface area contributed by atoms with E-state index >= 15 is 0 Å². The van der Waals surface area contributed by atoms with Gasteiger partial charge in [0.1, 0.15) is 0 Å². The summed E-state index contributed by atoms with van der Waals surface area (Å²) in [6.07, 6.45) is 6.50. The molecule has 1 amide bonds. The van der Waals surface area contributed by atoms with E-state index in [1.54, 1.807) is 18.1 Å². The largest absolute Gasteiger partial charge is 0.368 e. The van der Waals surface area contributed by atoms with E-state index in [1.165, 1.54) is 37.8 Å². The molecule has 20 heavy (non-hydrogen) atoms. The highest BCUT2D eigenvalue weighted by Crippen LogP contribution is 2.26. The van der Waals surface area contributed by atoms with Crippen LogP contribution >= 0.6 is 0 Å². The van der Waals surface area contributed by atoms with E-state index in [2.05, 4.69) is 23.1 Å². The summed E-state index contributed by atoms with van der Waals surface area (Å²) in [5.41, 5.74) is 4.44. The molecule has 3 nitrogen and oxygen atoms in total. The SMILES string of the molecule is CC(=O)N1CCN(c2ccc3c(c2)CCCCC3)CC1. The number of hydrogen-bond acceptors (Lipinski definition) is 2. The van der Waals surface area contributed by atoms with E-state index in [0.717, 1.165) is 26.2 Å². The molecule has 1 saturated heterocycles. The van der Waals surface area contributed by atoms with Crippen molar-refractivity contribution in [1.29, 1.82) is 0 Å². The Labute approximate surface area is 121 Å². The lowest BCUT2D eigenvalue weighted by Crippen LogP contribution is -2.48. The Kier molecular flexibility index (Phi) is 3.95. The lowest BCUT2D eigenvalue weighted by molar-refractivity contribution is -0.129. The maximum atomic E-state index is 11.4. The van der Waals surface area contributed by atoms with Crippen LogP contribution in [0.4, 0.5) is 5.69 Å². The zero-order valence-corrected chi connectivity index (χ0v) is 12.4. The quantitative estimate of drug-likeness (QED) is 0.734. The number of carbonyl (C=O) groups is 1. The summed E-state index contributed by atoms with van der Waals surface area (Å²) in [6, 6.07) is 6.99. The Morgan fingerprint density at radius 1 is 0.950 bits per heavy atom. The third-order valence-electron chi connectivity index (χ3n) is 4.67. The van der Waals surface area contributed by atoms with Gasteiger partial charge in [-0.1, -0.05) is 12.5 Å². The Hall–Kier alpha value is -1.51. The van der Waals surface area contributed by atoms with Crippen LogP contribution in [0.3, 0.4) is 0 Å². The molecule has 3 heteroatoms. The Morgan fingerprint density at radius 2 is 1.65 bits per heavy atom. The van der Waals surface area contributed by atoms with Gasteiger partial charge in [-0.3, -0.25) is 4.79 Å². The molecule has 0 spiro atoms. The molecule has 1 heterocycles. The number of hydrogen-bond donors (Lipinski definition) is 0. The van der Waals surface area contributed by atoms with Crippen LogP contribution in [0.25, 0.3) is 0 Å². The molecule has 0 N–H and O–H groups in total. The van der Waals surface area contributed by atoms with Crippen molar-refractivity contribution in [2.75, 3.05) is 31.1 Å². The molecule has 3 rings (SSSR count). The van der Waals surface area contributed by atoms with Crippen LogP contribution in [0.5, 0.6) is 0 Å². The first-order valence-corrected chi connectivity index (χ1v) is 7.86. The van der Waals surface area contributed by atoms with Gasteiger partial charge in [0, 0.05) is 38.8 Å². The molecular formula is C17H24N2O. The molecular weight excluding hydrogens is 248 g/mol. The maximum Gasteiger partial charge on any atom is 0.219 e. The first-order valence-electron chi connectivity index (χ1n) is 7.86. The number of aryl methyl sites for hydroxylation is 2. The number of amides is 1. The third-order valence-corrected chi connectivity index (χ3v) is 4.67. The molecule has 1 fully saturated rings. The van der Waals surface area contributed by atoms with Gasteiger partial charge in [-0.05, 0) is 48.9 Å². The molecule has 0 atom stereocenters. The molecule has 0 unspecified atom stereocenters. The third kappa shape index (κ3) is 2.82. The highest BCUT2D eigenvalue weighted by molar-refractivity contribution is 5.73. The first kappa shape index (κ1) is 13.5. The molecule has 1 aromatic carbocycles. The van der Waals surface area contributed by atoms with Crippen molar-refractivity contribution in [2.45, 2.75) is 39.0 Å². The predicted octanol–water partition coefficient (Wildman–Crippen LogP) is 2.62. The summed E-state index contributed by atoms with van der Waals surface area (Å²) in [7, 11) is 0. The summed E-state index contributed by atoms with van der Waals surface area (Å²) in [5.74, 6) is 0.201. The van der Waals surface area contributed by atoms with Gasteiger partial charge in [0.2, 0.25) is 5.91 Å². The summed E-state index contributed by atoms with van der Waals surface area (Å²) >= 11 is 0. The van der Waals surface area contributed by atoms with Gasteiger partial charge in [-0.2, -0.15) is 0 Å².